The Morgan fingerprint density at radius 2 is 1.83 bits per heavy atom. The van der Waals surface area contributed by atoms with E-state index in [1.807, 2.05) is 65.1 Å². The lowest BCUT2D eigenvalue weighted by Gasteiger charge is -2.08. The summed E-state index contributed by atoms with van der Waals surface area (Å²) in [5.74, 6) is 1.57. The van der Waals surface area contributed by atoms with Gasteiger partial charge in [-0.1, -0.05) is 54.2 Å². The highest BCUT2D eigenvalue weighted by Gasteiger charge is 2.17. The molecule has 0 saturated heterocycles. The van der Waals surface area contributed by atoms with Crippen LogP contribution < -0.4 is 5.32 Å². The summed E-state index contributed by atoms with van der Waals surface area (Å²) in [6, 6.07) is 21.4. The van der Waals surface area contributed by atoms with Crippen molar-refractivity contribution in [2.24, 2.45) is 0 Å². The molecular formula is C22H17N5O2S. The molecule has 0 atom stereocenters. The molecule has 8 heteroatoms. The number of carbonyl (C=O) groups is 1. The van der Waals surface area contributed by atoms with E-state index in [1.54, 1.807) is 12.3 Å². The predicted molar refractivity (Wildman–Crippen MR) is 115 cm³/mol. The van der Waals surface area contributed by atoms with Crippen LogP contribution in [0.5, 0.6) is 0 Å². The lowest BCUT2D eigenvalue weighted by Crippen LogP contribution is -2.24. The van der Waals surface area contributed by atoms with Crippen LogP contribution in [0.1, 0.15) is 5.76 Å². The first-order valence-electron chi connectivity index (χ1n) is 9.41. The summed E-state index contributed by atoms with van der Waals surface area (Å²) in [6.45, 7) is 0.357. The van der Waals surface area contributed by atoms with Gasteiger partial charge in [0.15, 0.2) is 11.5 Å². The molecule has 3 aromatic heterocycles. The van der Waals surface area contributed by atoms with Gasteiger partial charge in [0, 0.05) is 5.56 Å². The van der Waals surface area contributed by atoms with Crippen LogP contribution in [0.4, 0.5) is 0 Å². The van der Waals surface area contributed by atoms with E-state index in [4.69, 9.17) is 9.40 Å². The number of para-hydroxylation sites is 2. The molecule has 0 saturated carbocycles. The monoisotopic (exact) mass is 415 g/mol. The number of thioether (sulfide) groups is 1. The van der Waals surface area contributed by atoms with E-state index in [0.717, 1.165) is 22.4 Å². The first kappa shape index (κ1) is 18.4. The van der Waals surface area contributed by atoms with E-state index in [0.29, 0.717) is 23.0 Å². The number of fused-ring (bicyclic) bond motifs is 3. The molecule has 5 aromatic rings. The van der Waals surface area contributed by atoms with Gasteiger partial charge in [-0.25, -0.2) is 4.98 Å². The molecule has 0 aliphatic rings. The maximum Gasteiger partial charge on any atom is 0.230 e. The Morgan fingerprint density at radius 3 is 2.67 bits per heavy atom. The highest BCUT2D eigenvalue weighted by Crippen LogP contribution is 2.28. The molecule has 3 heterocycles. The molecule has 30 heavy (non-hydrogen) atoms. The molecule has 7 nitrogen and oxygen atoms in total. The summed E-state index contributed by atoms with van der Waals surface area (Å²) >= 11 is 1.34. The summed E-state index contributed by atoms with van der Waals surface area (Å²) in [5.41, 5.74) is 3.34. The third-order valence-electron chi connectivity index (χ3n) is 4.61. The van der Waals surface area contributed by atoms with Crippen molar-refractivity contribution in [2.75, 3.05) is 5.75 Å². The van der Waals surface area contributed by atoms with Crippen LogP contribution in [0, 0.1) is 0 Å². The molecule has 5 rings (SSSR count). The third kappa shape index (κ3) is 3.53. The molecule has 0 fully saturated rings. The molecule has 0 radical (unpaired) electrons. The van der Waals surface area contributed by atoms with Crippen molar-refractivity contribution in [1.82, 2.24) is 24.9 Å². The summed E-state index contributed by atoms with van der Waals surface area (Å²) < 4.78 is 7.24. The predicted octanol–water partition coefficient (Wildman–Crippen LogP) is 3.95. The van der Waals surface area contributed by atoms with Gasteiger partial charge >= 0.3 is 0 Å². The Morgan fingerprint density at radius 1 is 1.00 bits per heavy atom. The largest absolute Gasteiger partial charge is 0.467 e. The summed E-state index contributed by atoms with van der Waals surface area (Å²) in [4.78, 5) is 17.0. The van der Waals surface area contributed by atoms with Crippen LogP contribution in [0.25, 0.3) is 28.1 Å². The molecule has 1 N–H and O–H groups in total. The Balaban J connectivity index is 1.47. The number of nitrogens with zero attached hydrogens (tertiary/aromatic N) is 4. The van der Waals surface area contributed by atoms with Crippen LogP contribution in [0.3, 0.4) is 0 Å². The van der Waals surface area contributed by atoms with Gasteiger partial charge in [-0.2, -0.15) is 0 Å². The summed E-state index contributed by atoms with van der Waals surface area (Å²) in [7, 11) is 0. The molecule has 1 amide bonds. The van der Waals surface area contributed by atoms with Crippen LogP contribution >= 0.6 is 11.8 Å². The van der Waals surface area contributed by atoms with E-state index in [2.05, 4.69) is 15.5 Å². The van der Waals surface area contributed by atoms with Crippen LogP contribution in [0.15, 0.2) is 82.4 Å². The average Bonchev–Trinajstić information content (AvgIpc) is 3.47. The first-order valence-corrected chi connectivity index (χ1v) is 10.4. The second kappa shape index (κ2) is 8.00. The van der Waals surface area contributed by atoms with Crippen LogP contribution in [-0.4, -0.2) is 31.2 Å². The van der Waals surface area contributed by atoms with E-state index < -0.39 is 0 Å². The molecule has 2 aromatic carbocycles. The second-order valence-corrected chi connectivity index (χ2v) is 7.56. The van der Waals surface area contributed by atoms with Crippen molar-refractivity contribution in [3.63, 3.8) is 0 Å². The number of aromatic nitrogens is 4. The minimum atomic E-state index is -0.104. The molecule has 0 spiro atoms. The smallest absolute Gasteiger partial charge is 0.230 e. The lowest BCUT2D eigenvalue weighted by molar-refractivity contribution is -0.118. The molecule has 0 bridgehead atoms. The fraction of sp³-hybridized carbons (Fsp3) is 0.0909. The number of furan rings is 1. The molecule has 0 aliphatic carbocycles. The summed E-state index contributed by atoms with van der Waals surface area (Å²) in [6.07, 6.45) is 1.58. The summed E-state index contributed by atoms with van der Waals surface area (Å²) in [5, 5.41) is 12.3. The number of rotatable bonds is 6. The fourth-order valence-corrected chi connectivity index (χ4v) is 4.01. The Bertz CT molecular complexity index is 1320. The maximum atomic E-state index is 12.3. The van der Waals surface area contributed by atoms with E-state index in [-0.39, 0.29) is 11.7 Å². The molecule has 0 aliphatic heterocycles. The van der Waals surface area contributed by atoms with Crippen molar-refractivity contribution >= 4 is 34.3 Å². The van der Waals surface area contributed by atoms with Gasteiger partial charge < -0.3 is 9.73 Å². The standard InChI is InChI=1S/C22H17N5O2S/c28-19(23-13-16-9-6-12-29-16)14-30-22-21-26-25-20(15-7-2-1-3-8-15)27(21)18-11-5-4-10-17(18)24-22/h1-12H,13-14H2,(H,23,28). The van der Waals surface area contributed by atoms with Gasteiger partial charge in [0.2, 0.25) is 5.91 Å². The van der Waals surface area contributed by atoms with Crippen molar-refractivity contribution in [3.05, 3.63) is 78.8 Å². The minimum absolute atomic E-state index is 0.104. The quantitative estimate of drug-likeness (QED) is 0.423. The van der Waals surface area contributed by atoms with Crippen molar-refractivity contribution in [2.45, 2.75) is 11.6 Å². The van der Waals surface area contributed by atoms with Gasteiger partial charge in [0.1, 0.15) is 10.8 Å². The first-order chi connectivity index (χ1) is 14.8. The maximum absolute atomic E-state index is 12.3. The number of nitrogens with one attached hydrogen (secondary N) is 1. The highest BCUT2D eigenvalue weighted by atomic mass is 32.2. The number of amides is 1. The van der Waals surface area contributed by atoms with Gasteiger partial charge in [0.25, 0.3) is 0 Å². The Labute approximate surface area is 176 Å². The topological polar surface area (TPSA) is 85.3 Å². The second-order valence-electron chi connectivity index (χ2n) is 6.60. The zero-order chi connectivity index (χ0) is 20.3. The number of hydrogen-bond donors (Lipinski definition) is 1. The van der Waals surface area contributed by atoms with Crippen molar-refractivity contribution in [1.29, 1.82) is 0 Å². The van der Waals surface area contributed by atoms with Gasteiger partial charge in [-0.3, -0.25) is 9.20 Å². The van der Waals surface area contributed by atoms with Crippen molar-refractivity contribution < 1.29 is 9.21 Å². The van der Waals surface area contributed by atoms with E-state index >= 15 is 0 Å². The molecule has 0 unspecified atom stereocenters. The number of hydrogen-bond acceptors (Lipinski definition) is 6. The highest BCUT2D eigenvalue weighted by molar-refractivity contribution is 8.00. The minimum Gasteiger partial charge on any atom is -0.467 e. The van der Waals surface area contributed by atoms with Gasteiger partial charge in [-0.05, 0) is 24.3 Å². The lowest BCUT2D eigenvalue weighted by atomic mass is 10.2. The SMILES string of the molecule is O=C(CSc1nc2ccccc2n2c(-c3ccccc3)nnc12)NCc1ccco1. The van der Waals surface area contributed by atoms with Gasteiger partial charge in [0.05, 0.1) is 29.6 Å². The van der Waals surface area contributed by atoms with Crippen LogP contribution in [0.2, 0.25) is 0 Å². The third-order valence-corrected chi connectivity index (χ3v) is 5.56. The number of benzene rings is 2. The normalized spacial score (nSPS) is 11.2. The number of carbonyl (C=O) groups excluding carboxylic acids is 1. The van der Waals surface area contributed by atoms with E-state index in [1.165, 1.54) is 11.8 Å². The Hall–Kier alpha value is -3.65. The molecular weight excluding hydrogens is 398 g/mol. The average molecular weight is 415 g/mol. The van der Waals surface area contributed by atoms with Gasteiger partial charge in [-0.15, -0.1) is 10.2 Å². The zero-order valence-electron chi connectivity index (χ0n) is 15.9. The Kier molecular flexibility index (Phi) is 4.90. The fourth-order valence-electron chi connectivity index (χ4n) is 3.21. The van der Waals surface area contributed by atoms with Crippen LogP contribution in [-0.2, 0) is 11.3 Å². The zero-order valence-corrected chi connectivity index (χ0v) is 16.7. The van der Waals surface area contributed by atoms with E-state index in [9.17, 15) is 4.79 Å². The molecule has 148 valence electrons. The van der Waals surface area contributed by atoms with Crippen molar-refractivity contribution in [3.8, 4) is 11.4 Å².